The van der Waals surface area contributed by atoms with E-state index in [2.05, 4.69) is 4.72 Å². The third-order valence-electron chi connectivity index (χ3n) is 2.89. The summed E-state index contributed by atoms with van der Waals surface area (Å²) in [6.07, 6.45) is 0.721. The first-order valence-corrected chi connectivity index (χ1v) is 7.60. The fraction of sp³-hybridized carbons (Fsp3) is 0.455. The second-order valence-corrected chi connectivity index (χ2v) is 6.61. The molecule has 8 heteroatoms. The zero-order valence-electron chi connectivity index (χ0n) is 9.90. The van der Waals surface area contributed by atoms with Crippen LogP contribution in [0.2, 0.25) is 5.02 Å². The molecule has 0 amide bonds. The first kappa shape index (κ1) is 14.4. The normalized spacial score (nSPS) is 17.4. The molecular weight excluding hydrogens is 297 g/mol. The summed E-state index contributed by atoms with van der Waals surface area (Å²) in [5.41, 5.74) is -0.253. The lowest BCUT2D eigenvalue weighted by Gasteiger charge is -2.23. The molecule has 19 heavy (non-hydrogen) atoms. The summed E-state index contributed by atoms with van der Waals surface area (Å²) >= 11 is 5.59. The van der Waals surface area contributed by atoms with Gasteiger partial charge in [0.1, 0.15) is 5.82 Å². The number of sulfonamides is 1. The van der Waals surface area contributed by atoms with Gasteiger partial charge >= 0.3 is 0 Å². The number of aromatic hydroxyl groups is 1. The Morgan fingerprint density at radius 1 is 1.37 bits per heavy atom. The molecule has 1 aliphatic rings. The van der Waals surface area contributed by atoms with Crippen LogP contribution in [-0.2, 0) is 14.8 Å². The van der Waals surface area contributed by atoms with Gasteiger partial charge in [-0.1, -0.05) is 11.6 Å². The summed E-state index contributed by atoms with van der Waals surface area (Å²) < 4.78 is 44.6. The summed E-state index contributed by atoms with van der Waals surface area (Å²) in [6, 6.07) is 1.79. The van der Waals surface area contributed by atoms with Crippen molar-refractivity contribution in [2.75, 3.05) is 17.9 Å². The third kappa shape index (κ3) is 3.29. The van der Waals surface area contributed by atoms with Gasteiger partial charge in [-0.25, -0.2) is 12.8 Å². The van der Waals surface area contributed by atoms with Crippen molar-refractivity contribution in [3.05, 3.63) is 23.0 Å². The Kier molecular flexibility index (Phi) is 4.17. The molecule has 1 saturated heterocycles. The first-order chi connectivity index (χ1) is 8.90. The van der Waals surface area contributed by atoms with Crippen LogP contribution >= 0.6 is 11.6 Å². The molecule has 1 heterocycles. The molecule has 1 aliphatic heterocycles. The highest BCUT2D eigenvalue weighted by atomic mass is 35.5. The van der Waals surface area contributed by atoms with E-state index < -0.39 is 26.8 Å². The number of nitrogens with one attached hydrogen (secondary N) is 1. The molecule has 0 bridgehead atoms. The molecule has 2 N–H and O–H groups in total. The van der Waals surface area contributed by atoms with Crippen LogP contribution in [0.3, 0.4) is 0 Å². The molecule has 0 unspecified atom stereocenters. The third-order valence-corrected chi connectivity index (χ3v) is 5.03. The Balaban J connectivity index is 2.25. The van der Waals surface area contributed by atoms with Crippen molar-refractivity contribution < 1.29 is 22.7 Å². The van der Waals surface area contributed by atoms with E-state index in [1.54, 1.807) is 0 Å². The molecule has 0 aliphatic carbocycles. The summed E-state index contributed by atoms with van der Waals surface area (Å²) in [6.45, 7) is 0.725. The Bertz CT molecular complexity index is 572. The number of halogens is 2. The zero-order valence-corrected chi connectivity index (χ0v) is 11.5. The van der Waals surface area contributed by atoms with Crippen molar-refractivity contribution in [2.24, 2.45) is 0 Å². The molecule has 2 rings (SSSR count). The van der Waals surface area contributed by atoms with E-state index >= 15 is 0 Å². The molecule has 106 valence electrons. The summed E-state index contributed by atoms with van der Waals surface area (Å²) in [5, 5.41) is 8.77. The molecule has 1 aromatic rings. The number of benzene rings is 1. The molecule has 0 atom stereocenters. The SMILES string of the molecule is O=S(=O)(Nc1cc(F)cc(Cl)c1O)C1CCOCC1. The van der Waals surface area contributed by atoms with Gasteiger partial charge in [0.05, 0.1) is 16.0 Å². The van der Waals surface area contributed by atoms with Crippen LogP contribution in [0.25, 0.3) is 0 Å². The molecular formula is C11H13ClFNO4S. The minimum absolute atomic E-state index is 0.246. The average Bonchev–Trinajstić information content (AvgIpc) is 2.36. The first-order valence-electron chi connectivity index (χ1n) is 5.67. The van der Waals surface area contributed by atoms with Crippen LogP contribution in [0, 0.1) is 5.82 Å². The van der Waals surface area contributed by atoms with E-state index in [0.717, 1.165) is 12.1 Å². The summed E-state index contributed by atoms with van der Waals surface area (Å²) in [7, 11) is -3.71. The van der Waals surface area contributed by atoms with E-state index in [4.69, 9.17) is 16.3 Å². The fourth-order valence-corrected chi connectivity index (χ4v) is 3.51. The number of phenolic OH excluding ortho intramolecular Hbond substituents is 1. The van der Waals surface area contributed by atoms with E-state index in [1.165, 1.54) is 0 Å². The topological polar surface area (TPSA) is 75.6 Å². The number of hydrogen-bond donors (Lipinski definition) is 2. The number of phenols is 1. The second-order valence-electron chi connectivity index (χ2n) is 4.24. The Labute approximate surface area is 115 Å². The largest absolute Gasteiger partial charge is 0.504 e. The van der Waals surface area contributed by atoms with Crippen LogP contribution in [0.4, 0.5) is 10.1 Å². The molecule has 0 saturated carbocycles. The highest BCUT2D eigenvalue weighted by Gasteiger charge is 2.28. The molecule has 0 spiro atoms. The van der Waals surface area contributed by atoms with Crippen molar-refractivity contribution in [3.63, 3.8) is 0 Å². The van der Waals surface area contributed by atoms with Crippen LogP contribution in [-0.4, -0.2) is 32.0 Å². The summed E-state index contributed by atoms with van der Waals surface area (Å²) in [5.74, 6) is -1.22. The number of rotatable bonds is 3. The lowest BCUT2D eigenvalue weighted by molar-refractivity contribution is 0.0984. The van der Waals surface area contributed by atoms with Gasteiger partial charge in [-0.2, -0.15) is 0 Å². The quantitative estimate of drug-likeness (QED) is 0.839. The highest BCUT2D eigenvalue weighted by molar-refractivity contribution is 7.93. The predicted molar refractivity (Wildman–Crippen MR) is 69.5 cm³/mol. The molecule has 0 aromatic heterocycles. The predicted octanol–water partition coefficient (Wildman–Crippen LogP) is 2.11. The van der Waals surface area contributed by atoms with Gasteiger partial charge in [0, 0.05) is 19.3 Å². The maximum Gasteiger partial charge on any atom is 0.235 e. The van der Waals surface area contributed by atoms with Crippen LogP contribution in [0.5, 0.6) is 5.75 Å². The van der Waals surface area contributed by atoms with E-state index in [0.29, 0.717) is 26.1 Å². The maximum atomic E-state index is 13.2. The summed E-state index contributed by atoms with van der Waals surface area (Å²) in [4.78, 5) is 0. The van der Waals surface area contributed by atoms with E-state index in [1.807, 2.05) is 0 Å². The van der Waals surface area contributed by atoms with Gasteiger partial charge in [0.25, 0.3) is 0 Å². The number of anilines is 1. The van der Waals surface area contributed by atoms with Crippen LogP contribution in [0.1, 0.15) is 12.8 Å². The highest BCUT2D eigenvalue weighted by Crippen LogP contribution is 2.34. The van der Waals surface area contributed by atoms with E-state index in [-0.39, 0.29) is 10.7 Å². The van der Waals surface area contributed by atoms with Gasteiger partial charge < -0.3 is 9.84 Å². The van der Waals surface area contributed by atoms with Crippen molar-refractivity contribution >= 4 is 27.3 Å². The minimum Gasteiger partial charge on any atom is -0.504 e. The van der Waals surface area contributed by atoms with Crippen LogP contribution < -0.4 is 4.72 Å². The van der Waals surface area contributed by atoms with Crippen molar-refractivity contribution in [1.82, 2.24) is 0 Å². The van der Waals surface area contributed by atoms with Gasteiger partial charge in [0.15, 0.2) is 5.75 Å². The zero-order chi connectivity index (χ0) is 14.0. The van der Waals surface area contributed by atoms with E-state index in [9.17, 15) is 17.9 Å². The molecule has 5 nitrogen and oxygen atoms in total. The van der Waals surface area contributed by atoms with Crippen LogP contribution in [0.15, 0.2) is 12.1 Å². The van der Waals surface area contributed by atoms with Gasteiger partial charge in [-0.05, 0) is 18.9 Å². The monoisotopic (exact) mass is 309 g/mol. The average molecular weight is 310 g/mol. The van der Waals surface area contributed by atoms with Crippen molar-refractivity contribution in [1.29, 1.82) is 0 Å². The van der Waals surface area contributed by atoms with Gasteiger partial charge in [-0.15, -0.1) is 0 Å². The fourth-order valence-electron chi connectivity index (χ4n) is 1.87. The Hall–Kier alpha value is -1.05. The van der Waals surface area contributed by atoms with Gasteiger partial charge in [-0.3, -0.25) is 4.72 Å². The standard InChI is InChI=1S/C11H13ClFNO4S/c12-9-5-7(13)6-10(11(9)15)14-19(16,17)8-1-3-18-4-2-8/h5-6,8,14-15H,1-4H2. The Morgan fingerprint density at radius 3 is 2.63 bits per heavy atom. The lowest BCUT2D eigenvalue weighted by atomic mass is 10.2. The van der Waals surface area contributed by atoms with Crippen molar-refractivity contribution in [3.8, 4) is 5.75 Å². The number of ether oxygens (including phenoxy) is 1. The second kappa shape index (κ2) is 5.52. The minimum atomic E-state index is -3.71. The van der Waals surface area contributed by atoms with Gasteiger partial charge in [0.2, 0.25) is 10.0 Å². The Morgan fingerprint density at radius 2 is 2.00 bits per heavy atom. The van der Waals surface area contributed by atoms with Crippen molar-refractivity contribution in [2.45, 2.75) is 18.1 Å². The molecule has 0 radical (unpaired) electrons. The number of hydrogen-bond acceptors (Lipinski definition) is 4. The molecule has 1 aromatic carbocycles. The smallest absolute Gasteiger partial charge is 0.235 e. The molecule has 1 fully saturated rings. The maximum absolute atomic E-state index is 13.2. The lowest BCUT2D eigenvalue weighted by Crippen LogP contribution is -2.33.